The molecule has 0 amide bonds. The number of hydrogen-bond donors (Lipinski definition) is 2. The quantitative estimate of drug-likeness (QED) is 0.707. The maximum atomic E-state index is 10.9. The van der Waals surface area contributed by atoms with Crippen molar-refractivity contribution in [2.45, 2.75) is 26.7 Å². The van der Waals surface area contributed by atoms with Crippen molar-refractivity contribution in [3.05, 3.63) is 0 Å². The van der Waals surface area contributed by atoms with Gasteiger partial charge in [-0.2, -0.15) is 0 Å². The Morgan fingerprint density at radius 2 is 1.21 bits per heavy atom. The first kappa shape index (κ1) is 11.0. The molecule has 4 nitrogen and oxygen atoms in total. The van der Waals surface area contributed by atoms with E-state index in [1.807, 2.05) is 13.8 Å². The largest absolute Gasteiger partial charge is 0.481 e. The van der Waals surface area contributed by atoms with E-state index >= 15 is 0 Å². The molecule has 1 aliphatic carbocycles. The van der Waals surface area contributed by atoms with Crippen molar-refractivity contribution in [3.63, 3.8) is 0 Å². The molecule has 0 aromatic rings. The zero-order valence-electron chi connectivity index (χ0n) is 8.43. The smallest absolute Gasteiger partial charge is 0.307 e. The van der Waals surface area contributed by atoms with Gasteiger partial charge in [0.05, 0.1) is 11.8 Å². The molecule has 4 heteroatoms. The Balaban J connectivity index is 2.80. The van der Waals surface area contributed by atoms with Gasteiger partial charge in [0.2, 0.25) is 0 Å². The van der Waals surface area contributed by atoms with Gasteiger partial charge in [0.1, 0.15) is 0 Å². The SMILES string of the molecule is CC1CC(C(=O)O)C(C(=O)O)CC1C. The molecule has 80 valence electrons. The Hall–Kier alpha value is -1.06. The summed E-state index contributed by atoms with van der Waals surface area (Å²) in [5, 5.41) is 17.8. The predicted octanol–water partition coefficient (Wildman–Crippen LogP) is 1.45. The van der Waals surface area contributed by atoms with Gasteiger partial charge in [-0.3, -0.25) is 9.59 Å². The lowest BCUT2D eigenvalue weighted by atomic mass is 9.69. The molecule has 4 atom stereocenters. The van der Waals surface area contributed by atoms with Crippen molar-refractivity contribution < 1.29 is 19.8 Å². The minimum Gasteiger partial charge on any atom is -0.481 e. The van der Waals surface area contributed by atoms with E-state index in [4.69, 9.17) is 10.2 Å². The van der Waals surface area contributed by atoms with E-state index in [1.54, 1.807) is 0 Å². The van der Waals surface area contributed by atoms with Gasteiger partial charge < -0.3 is 10.2 Å². The minimum atomic E-state index is -0.976. The van der Waals surface area contributed by atoms with Gasteiger partial charge in [-0.25, -0.2) is 0 Å². The molecule has 0 saturated heterocycles. The molecule has 1 rings (SSSR count). The van der Waals surface area contributed by atoms with Gasteiger partial charge in [0.15, 0.2) is 0 Å². The summed E-state index contributed by atoms with van der Waals surface area (Å²) in [6.07, 6.45) is 0.959. The van der Waals surface area contributed by atoms with Crippen molar-refractivity contribution in [1.82, 2.24) is 0 Å². The summed E-state index contributed by atoms with van der Waals surface area (Å²) >= 11 is 0. The molecule has 14 heavy (non-hydrogen) atoms. The summed E-state index contributed by atoms with van der Waals surface area (Å²) in [6, 6.07) is 0. The minimum absolute atomic E-state index is 0.298. The molecular weight excluding hydrogens is 184 g/mol. The van der Waals surface area contributed by atoms with Gasteiger partial charge in [-0.15, -0.1) is 0 Å². The van der Waals surface area contributed by atoms with Crippen molar-refractivity contribution in [3.8, 4) is 0 Å². The second-order valence-electron chi connectivity index (χ2n) is 4.32. The molecule has 1 aliphatic rings. The highest BCUT2D eigenvalue weighted by atomic mass is 16.4. The van der Waals surface area contributed by atoms with E-state index in [1.165, 1.54) is 0 Å². The zero-order chi connectivity index (χ0) is 10.9. The molecule has 0 aromatic heterocycles. The van der Waals surface area contributed by atoms with Crippen LogP contribution in [0.1, 0.15) is 26.7 Å². The lowest BCUT2D eigenvalue weighted by Gasteiger charge is -2.34. The third kappa shape index (κ3) is 2.05. The lowest BCUT2D eigenvalue weighted by molar-refractivity contribution is -0.157. The Morgan fingerprint density at radius 3 is 1.43 bits per heavy atom. The average Bonchev–Trinajstić information content (AvgIpc) is 2.08. The van der Waals surface area contributed by atoms with Crippen LogP contribution in [-0.4, -0.2) is 22.2 Å². The van der Waals surface area contributed by atoms with Crippen LogP contribution in [0.25, 0.3) is 0 Å². The number of carboxylic acids is 2. The normalized spacial score (nSPS) is 37.9. The number of carbonyl (C=O) groups is 2. The first-order valence-corrected chi connectivity index (χ1v) is 4.89. The maximum Gasteiger partial charge on any atom is 0.307 e. The summed E-state index contributed by atoms with van der Waals surface area (Å²) in [5.41, 5.74) is 0. The van der Waals surface area contributed by atoms with Crippen LogP contribution < -0.4 is 0 Å². The van der Waals surface area contributed by atoms with Crippen LogP contribution in [0.2, 0.25) is 0 Å². The summed E-state index contributed by atoms with van der Waals surface area (Å²) in [4.78, 5) is 21.7. The highest BCUT2D eigenvalue weighted by Crippen LogP contribution is 2.37. The number of hydrogen-bond acceptors (Lipinski definition) is 2. The Labute approximate surface area is 82.9 Å². The highest BCUT2D eigenvalue weighted by molar-refractivity contribution is 5.80. The Morgan fingerprint density at radius 1 is 0.929 bits per heavy atom. The number of carboxylic acid groups (broad SMARTS) is 2. The molecule has 4 unspecified atom stereocenters. The van der Waals surface area contributed by atoms with E-state index in [0.29, 0.717) is 24.7 Å². The van der Waals surface area contributed by atoms with Crippen LogP contribution in [0.3, 0.4) is 0 Å². The van der Waals surface area contributed by atoms with E-state index in [0.717, 1.165) is 0 Å². The number of rotatable bonds is 2. The van der Waals surface area contributed by atoms with Crippen LogP contribution in [0.5, 0.6) is 0 Å². The van der Waals surface area contributed by atoms with Gasteiger partial charge in [0.25, 0.3) is 0 Å². The molecule has 0 aromatic carbocycles. The number of aliphatic carboxylic acids is 2. The second-order valence-corrected chi connectivity index (χ2v) is 4.32. The molecular formula is C10H16O4. The highest BCUT2D eigenvalue weighted by Gasteiger charge is 2.40. The van der Waals surface area contributed by atoms with E-state index < -0.39 is 23.8 Å². The molecule has 0 aliphatic heterocycles. The fourth-order valence-electron chi connectivity index (χ4n) is 2.14. The Kier molecular flexibility index (Phi) is 3.13. The molecule has 0 radical (unpaired) electrons. The lowest BCUT2D eigenvalue weighted by Crippen LogP contribution is -2.38. The van der Waals surface area contributed by atoms with Crippen molar-refractivity contribution in [1.29, 1.82) is 0 Å². The summed E-state index contributed by atoms with van der Waals surface area (Å²) < 4.78 is 0. The van der Waals surface area contributed by atoms with Gasteiger partial charge in [-0.1, -0.05) is 13.8 Å². The van der Waals surface area contributed by atoms with Crippen molar-refractivity contribution in [2.24, 2.45) is 23.7 Å². The average molecular weight is 200 g/mol. The van der Waals surface area contributed by atoms with Gasteiger partial charge >= 0.3 is 11.9 Å². The first-order chi connectivity index (χ1) is 6.43. The fraction of sp³-hybridized carbons (Fsp3) is 0.800. The third-order valence-electron chi connectivity index (χ3n) is 3.34. The predicted molar refractivity (Wildman–Crippen MR) is 49.8 cm³/mol. The first-order valence-electron chi connectivity index (χ1n) is 4.89. The van der Waals surface area contributed by atoms with E-state index in [2.05, 4.69) is 0 Å². The van der Waals surface area contributed by atoms with Gasteiger partial charge in [-0.05, 0) is 24.7 Å². The fourth-order valence-corrected chi connectivity index (χ4v) is 2.14. The zero-order valence-corrected chi connectivity index (χ0v) is 8.43. The molecule has 0 bridgehead atoms. The van der Waals surface area contributed by atoms with Gasteiger partial charge in [0, 0.05) is 0 Å². The van der Waals surface area contributed by atoms with Crippen LogP contribution in [0, 0.1) is 23.7 Å². The van der Waals surface area contributed by atoms with Crippen molar-refractivity contribution in [2.75, 3.05) is 0 Å². The topological polar surface area (TPSA) is 74.6 Å². The standard InChI is InChI=1S/C10H16O4/c1-5-3-7(9(11)12)8(10(13)14)4-6(5)2/h5-8H,3-4H2,1-2H3,(H,11,12)(H,13,14). The van der Waals surface area contributed by atoms with Crippen molar-refractivity contribution >= 4 is 11.9 Å². The monoisotopic (exact) mass is 200 g/mol. The molecule has 0 spiro atoms. The van der Waals surface area contributed by atoms with Crippen LogP contribution in [0.15, 0.2) is 0 Å². The molecule has 1 saturated carbocycles. The Bertz CT molecular complexity index is 223. The van der Waals surface area contributed by atoms with E-state index in [9.17, 15) is 9.59 Å². The maximum absolute atomic E-state index is 10.9. The molecule has 2 N–H and O–H groups in total. The van der Waals surface area contributed by atoms with Crippen LogP contribution >= 0.6 is 0 Å². The van der Waals surface area contributed by atoms with Crippen LogP contribution in [0.4, 0.5) is 0 Å². The molecule has 1 fully saturated rings. The van der Waals surface area contributed by atoms with E-state index in [-0.39, 0.29) is 0 Å². The molecule has 0 heterocycles. The third-order valence-corrected chi connectivity index (χ3v) is 3.34. The summed E-state index contributed by atoms with van der Waals surface area (Å²) in [6.45, 7) is 3.97. The summed E-state index contributed by atoms with van der Waals surface area (Å²) in [5.74, 6) is -2.77. The van der Waals surface area contributed by atoms with Crippen LogP contribution in [-0.2, 0) is 9.59 Å². The summed E-state index contributed by atoms with van der Waals surface area (Å²) in [7, 11) is 0. The second kappa shape index (κ2) is 3.98.